The van der Waals surface area contributed by atoms with E-state index in [0.29, 0.717) is 12.5 Å². The molecule has 1 N–H and O–H groups in total. The van der Waals surface area contributed by atoms with Gasteiger partial charge in [-0.05, 0) is 51.7 Å². The first-order valence-corrected chi connectivity index (χ1v) is 8.68. The van der Waals surface area contributed by atoms with Crippen LogP contribution in [-0.2, 0) is 0 Å². The van der Waals surface area contributed by atoms with Gasteiger partial charge in [-0.2, -0.15) is 0 Å². The van der Waals surface area contributed by atoms with E-state index in [4.69, 9.17) is 0 Å². The summed E-state index contributed by atoms with van der Waals surface area (Å²) in [5, 5.41) is 9.79. The van der Waals surface area contributed by atoms with Gasteiger partial charge in [0.1, 0.15) is 0 Å². The molecule has 0 bridgehead atoms. The minimum absolute atomic E-state index is 0.195. The molecule has 1 atom stereocenters. The zero-order valence-electron chi connectivity index (χ0n) is 13.6. The second-order valence-electron chi connectivity index (χ2n) is 7.29. The Morgan fingerprint density at radius 3 is 2.55 bits per heavy atom. The van der Waals surface area contributed by atoms with Crippen molar-refractivity contribution in [3.8, 4) is 0 Å². The van der Waals surface area contributed by atoms with E-state index in [1.807, 2.05) is 6.07 Å². The third kappa shape index (κ3) is 4.22. The van der Waals surface area contributed by atoms with E-state index in [-0.39, 0.29) is 11.5 Å². The van der Waals surface area contributed by atoms with Gasteiger partial charge in [0.25, 0.3) is 0 Å². The molecule has 1 unspecified atom stereocenters. The highest BCUT2D eigenvalue weighted by atomic mass is 79.9. The van der Waals surface area contributed by atoms with Gasteiger partial charge in [-0.3, -0.25) is 4.98 Å². The smallest absolute Gasteiger partial charge is 0.407 e. The van der Waals surface area contributed by atoms with Crippen molar-refractivity contribution in [2.24, 2.45) is 11.3 Å². The van der Waals surface area contributed by atoms with Crippen LogP contribution in [0.3, 0.4) is 0 Å². The van der Waals surface area contributed by atoms with Gasteiger partial charge in [-0.15, -0.1) is 0 Å². The molecule has 5 heteroatoms. The van der Waals surface area contributed by atoms with Crippen molar-refractivity contribution in [1.82, 2.24) is 9.88 Å². The first kappa shape index (κ1) is 17.3. The zero-order valence-corrected chi connectivity index (χ0v) is 15.1. The molecule has 1 amide bonds. The normalized spacial score (nSPS) is 17.5. The highest BCUT2D eigenvalue weighted by molar-refractivity contribution is 9.10. The summed E-state index contributed by atoms with van der Waals surface area (Å²) in [6.45, 7) is 6.87. The predicted octanol–water partition coefficient (Wildman–Crippen LogP) is 5.10. The van der Waals surface area contributed by atoms with Crippen molar-refractivity contribution in [3.63, 3.8) is 0 Å². The lowest BCUT2D eigenvalue weighted by Crippen LogP contribution is -2.42. The lowest BCUT2D eigenvalue weighted by atomic mass is 9.81. The minimum Gasteiger partial charge on any atom is -0.465 e. The molecular weight excluding hydrogens is 344 g/mol. The molecule has 22 heavy (non-hydrogen) atoms. The molecule has 1 fully saturated rings. The van der Waals surface area contributed by atoms with Crippen LogP contribution in [0.5, 0.6) is 0 Å². The molecule has 1 aliphatic carbocycles. The summed E-state index contributed by atoms with van der Waals surface area (Å²) in [5.74, 6) is 0.487. The highest BCUT2D eigenvalue weighted by Crippen LogP contribution is 2.40. The number of rotatable bonds is 4. The first-order valence-electron chi connectivity index (χ1n) is 7.89. The van der Waals surface area contributed by atoms with Crippen molar-refractivity contribution in [3.05, 3.63) is 28.5 Å². The van der Waals surface area contributed by atoms with Gasteiger partial charge < -0.3 is 10.0 Å². The van der Waals surface area contributed by atoms with Gasteiger partial charge in [-0.25, -0.2) is 4.79 Å². The Bertz CT molecular complexity index is 522. The standard InChI is InChI=1S/C17H25BrN2O2/c1-17(2,3)15(13-8-14(18)10-19-9-13)20(16(21)22)11-12-6-4-5-7-12/h8-10,12,15H,4-7,11H2,1-3H3,(H,21,22). The van der Waals surface area contributed by atoms with Gasteiger partial charge in [0.05, 0.1) is 6.04 Å². The van der Waals surface area contributed by atoms with Crippen molar-refractivity contribution < 1.29 is 9.90 Å². The first-order chi connectivity index (χ1) is 10.3. The highest BCUT2D eigenvalue weighted by Gasteiger charge is 2.36. The Kier molecular flexibility index (Phi) is 5.48. The summed E-state index contributed by atoms with van der Waals surface area (Å²) in [6, 6.07) is 1.78. The lowest BCUT2D eigenvalue weighted by molar-refractivity contribution is 0.0714. The van der Waals surface area contributed by atoms with Gasteiger partial charge in [0, 0.05) is 23.4 Å². The number of carbonyl (C=O) groups is 1. The average molecular weight is 369 g/mol. The SMILES string of the molecule is CC(C)(C)C(c1cncc(Br)c1)N(CC1CCCC1)C(=O)O. The summed E-state index contributed by atoms with van der Waals surface area (Å²) in [7, 11) is 0. The van der Waals surface area contributed by atoms with Crippen LogP contribution in [-0.4, -0.2) is 27.6 Å². The molecule has 2 rings (SSSR count). The summed E-state index contributed by atoms with van der Waals surface area (Å²) >= 11 is 3.44. The van der Waals surface area contributed by atoms with E-state index in [1.165, 1.54) is 12.8 Å². The zero-order chi connectivity index (χ0) is 16.3. The average Bonchev–Trinajstić information content (AvgIpc) is 2.89. The summed E-state index contributed by atoms with van der Waals surface area (Å²) < 4.78 is 0.880. The van der Waals surface area contributed by atoms with E-state index in [9.17, 15) is 9.90 Å². The molecule has 0 radical (unpaired) electrons. The number of pyridine rings is 1. The lowest BCUT2D eigenvalue weighted by Gasteiger charge is -2.40. The molecule has 122 valence electrons. The van der Waals surface area contributed by atoms with Crippen LogP contribution < -0.4 is 0 Å². The number of hydrogen-bond donors (Lipinski definition) is 1. The van der Waals surface area contributed by atoms with Crippen LogP contribution in [0.25, 0.3) is 0 Å². The molecule has 0 saturated heterocycles. The largest absolute Gasteiger partial charge is 0.465 e. The Morgan fingerprint density at radius 2 is 2.05 bits per heavy atom. The number of amides is 1. The topological polar surface area (TPSA) is 53.4 Å². The molecule has 1 saturated carbocycles. The molecule has 4 nitrogen and oxygen atoms in total. The van der Waals surface area contributed by atoms with Crippen LogP contribution in [0.2, 0.25) is 0 Å². The van der Waals surface area contributed by atoms with Crippen molar-refractivity contribution in [1.29, 1.82) is 0 Å². The molecular formula is C17H25BrN2O2. The Hall–Kier alpha value is -1.10. The minimum atomic E-state index is -0.841. The van der Waals surface area contributed by atoms with E-state index >= 15 is 0 Å². The van der Waals surface area contributed by atoms with E-state index in [0.717, 1.165) is 22.9 Å². The third-order valence-corrected chi connectivity index (χ3v) is 4.78. The maximum Gasteiger partial charge on any atom is 0.407 e. The maximum absolute atomic E-state index is 11.9. The maximum atomic E-state index is 11.9. The molecule has 0 spiro atoms. The quantitative estimate of drug-likeness (QED) is 0.803. The van der Waals surface area contributed by atoms with Crippen LogP contribution in [0.4, 0.5) is 4.79 Å². The molecule has 1 aliphatic rings. The van der Waals surface area contributed by atoms with Gasteiger partial charge in [0.2, 0.25) is 0 Å². The van der Waals surface area contributed by atoms with Crippen LogP contribution >= 0.6 is 15.9 Å². The van der Waals surface area contributed by atoms with Crippen LogP contribution in [0, 0.1) is 11.3 Å². The molecule has 1 aromatic heterocycles. The van der Waals surface area contributed by atoms with Crippen molar-refractivity contribution in [2.75, 3.05) is 6.54 Å². The Balaban J connectivity index is 2.34. The second-order valence-corrected chi connectivity index (χ2v) is 8.21. The molecule has 0 aliphatic heterocycles. The van der Waals surface area contributed by atoms with Crippen molar-refractivity contribution in [2.45, 2.75) is 52.5 Å². The van der Waals surface area contributed by atoms with Gasteiger partial charge in [-0.1, -0.05) is 33.6 Å². The number of aromatic nitrogens is 1. The summed E-state index contributed by atoms with van der Waals surface area (Å²) in [4.78, 5) is 17.8. The second kappa shape index (κ2) is 6.99. The fourth-order valence-electron chi connectivity index (χ4n) is 3.49. The Labute approximate surface area is 141 Å². The summed E-state index contributed by atoms with van der Waals surface area (Å²) in [5.41, 5.74) is 0.752. The van der Waals surface area contributed by atoms with Crippen LogP contribution in [0.15, 0.2) is 22.9 Å². The Morgan fingerprint density at radius 1 is 1.41 bits per heavy atom. The van der Waals surface area contributed by atoms with Crippen molar-refractivity contribution >= 4 is 22.0 Å². The van der Waals surface area contributed by atoms with E-state index in [2.05, 4.69) is 41.7 Å². The van der Waals surface area contributed by atoms with E-state index in [1.54, 1.807) is 17.3 Å². The molecule has 0 aromatic carbocycles. The monoisotopic (exact) mass is 368 g/mol. The number of hydrogen-bond acceptors (Lipinski definition) is 2. The number of carboxylic acid groups (broad SMARTS) is 1. The molecule has 1 aromatic rings. The predicted molar refractivity (Wildman–Crippen MR) is 90.8 cm³/mol. The fraction of sp³-hybridized carbons (Fsp3) is 0.647. The van der Waals surface area contributed by atoms with E-state index < -0.39 is 6.09 Å². The fourth-order valence-corrected chi connectivity index (χ4v) is 3.87. The van der Waals surface area contributed by atoms with Gasteiger partial charge >= 0.3 is 6.09 Å². The number of nitrogens with zero attached hydrogens (tertiary/aromatic N) is 2. The molecule has 1 heterocycles. The third-order valence-electron chi connectivity index (χ3n) is 4.35. The van der Waals surface area contributed by atoms with Crippen LogP contribution in [0.1, 0.15) is 58.1 Å². The summed E-state index contributed by atoms with van der Waals surface area (Å²) in [6.07, 6.45) is 7.38. The van der Waals surface area contributed by atoms with Gasteiger partial charge in [0.15, 0.2) is 0 Å². The number of halogens is 1.